The van der Waals surface area contributed by atoms with E-state index in [1.165, 1.54) is 173 Å². The minimum Gasteiger partial charge on any atom is -0.331 e. The molecule has 3 aliphatic rings. The Balaban J connectivity index is 0.554. The van der Waals surface area contributed by atoms with Crippen LogP contribution in [0.1, 0.15) is 28.8 Å². The molecular formula is C132H84N10S2. The topological polar surface area (TPSA) is 44.2 Å². The van der Waals surface area contributed by atoms with Crippen molar-refractivity contribution in [2.24, 2.45) is 0 Å². The fourth-order valence-electron chi connectivity index (χ4n) is 24.7. The van der Waals surface area contributed by atoms with Crippen molar-refractivity contribution in [3.8, 4) is 39.8 Å². The first kappa shape index (κ1) is 80.7. The molecule has 0 saturated carbocycles. The maximum atomic E-state index is 2.59. The summed E-state index contributed by atoms with van der Waals surface area (Å²) in [6.07, 6.45) is 4.85. The average molecular weight is 1870 g/mol. The van der Waals surface area contributed by atoms with Gasteiger partial charge in [-0.15, -0.1) is 0 Å². The van der Waals surface area contributed by atoms with Crippen molar-refractivity contribution in [3.63, 3.8) is 0 Å². The fraction of sp³-hybridized carbons (Fsp3) is 0.0152. The third-order valence-corrected chi connectivity index (χ3v) is 33.2. The maximum Gasteiger partial charge on any atom is 0.0856 e. The molecule has 7 aromatic heterocycles. The van der Waals surface area contributed by atoms with Crippen LogP contribution in [0.25, 0.3) is 188 Å². The number of anilines is 8. The Morgan fingerprint density at radius 1 is 0.188 bits per heavy atom. The van der Waals surface area contributed by atoms with Crippen molar-refractivity contribution in [1.29, 1.82) is 0 Å². The summed E-state index contributed by atoms with van der Waals surface area (Å²) in [6.45, 7) is 0. The Morgan fingerprint density at radius 2 is 0.438 bits per heavy atom. The van der Waals surface area contributed by atoms with E-state index < -0.39 is 0 Å². The van der Waals surface area contributed by atoms with Crippen LogP contribution in [-0.4, -0.2) is 32.0 Å². The van der Waals surface area contributed by atoms with E-state index in [2.05, 4.69) is 544 Å². The van der Waals surface area contributed by atoms with Gasteiger partial charge in [0, 0.05) is 186 Å². The van der Waals surface area contributed by atoms with Gasteiger partial charge in [0.05, 0.1) is 83.5 Å². The fourth-order valence-corrected chi connectivity index (χ4v) is 26.9. The molecule has 0 saturated heterocycles. The minimum absolute atomic E-state index is 0.00151. The van der Waals surface area contributed by atoms with Gasteiger partial charge in [-0.1, -0.05) is 290 Å². The van der Waals surface area contributed by atoms with E-state index in [4.69, 9.17) is 0 Å². The minimum atomic E-state index is -0.00151. The molecule has 10 nitrogen and oxygen atoms in total. The van der Waals surface area contributed by atoms with Gasteiger partial charge in [0.2, 0.25) is 0 Å². The summed E-state index contributed by atoms with van der Waals surface area (Å²) in [5, 5.41) is 15.8. The first-order valence-corrected chi connectivity index (χ1v) is 51.1. The van der Waals surface area contributed by atoms with Gasteiger partial charge in [-0.3, -0.25) is 0 Å². The number of rotatable bonds is 14. The SMILES string of the molecule is C1=CC2c3ccccc3N(c3ccccc3)C2c2c1c1ccccc1n2-c1ccc(N(c2ccc(-n3c4ccccc4c4ccc5c6ccccc6n(-c6ccccc6)c5c43)cc2)c2ccc3c(c2)Sc2ccc(N(c4ccc(-n5c6ccccc6c6ccc7c8ccccc8n(-c8ccccc8)c7c65)cc4)c4ccc(-n5c6ccccc6c6ccc7c8ccccc8n(-c8ccccc8)c7c65)cc4)cc2S3)cc1. The number of fused-ring (bicyclic) bond motifs is 30. The van der Waals surface area contributed by atoms with Gasteiger partial charge >= 0.3 is 0 Å². The van der Waals surface area contributed by atoms with Crippen molar-refractivity contribution in [2.45, 2.75) is 31.5 Å². The van der Waals surface area contributed by atoms with Gasteiger partial charge < -0.3 is 46.7 Å². The number of benzene rings is 21. The largest absolute Gasteiger partial charge is 0.331 e. The van der Waals surface area contributed by atoms with E-state index in [0.29, 0.717) is 0 Å². The first-order chi connectivity index (χ1) is 71.5. The lowest BCUT2D eigenvalue weighted by atomic mass is 9.86. The molecule has 0 amide bonds. The Bertz CT molecular complexity index is 9960. The van der Waals surface area contributed by atoms with Gasteiger partial charge in [-0.05, 0) is 236 Å². The van der Waals surface area contributed by atoms with Gasteiger partial charge in [0.1, 0.15) is 0 Å². The molecule has 0 bridgehead atoms. The third-order valence-electron chi connectivity index (χ3n) is 30.6. The van der Waals surface area contributed by atoms with Crippen molar-refractivity contribution >= 4 is 217 Å². The molecule has 674 valence electrons. The lowest BCUT2D eigenvalue weighted by Gasteiger charge is -2.33. The Hall–Kier alpha value is -18.2. The predicted molar refractivity (Wildman–Crippen MR) is 603 cm³/mol. The molecule has 0 N–H and O–H groups in total. The Labute approximate surface area is 836 Å². The zero-order valence-electron chi connectivity index (χ0n) is 77.8. The highest BCUT2D eigenvalue weighted by molar-refractivity contribution is 8.05. The van der Waals surface area contributed by atoms with Crippen molar-refractivity contribution in [3.05, 3.63) is 508 Å². The van der Waals surface area contributed by atoms with Crippen molar-refractivity contribution < 1.29 is 0 Å². The Kier molecular flexibility index (Phi) is 17.7. The predicted octanol–water partition coefficient (Wildman–Crippen LogP) is 35.8. The molecule has 2 aliphatic heterocycles. The molecule has 1 aliphatic carbocycles. The molecule has 21 aromatic carbocycles. The van der Waals surface area contributed by atoms with Gasteiger partial charge in [0.15, 0.2) is 0 Å². The first-order valence-electron chi connectivity index (χ1n) is 49.4. The number of aromatic nitrogens is 7. The second-order valence-electron chi connectivity index (χ2n) is 38.1. The zero-order valence-corrected chi connectivity index (χ0v) is 79.4. The molecule has 0 radical (unpaired) electrons. The van der Waals surface area contributed by atoms with E-state index in [1.54, 1.807) is 0 Å². The Morgan fingerprint density at radius 3 is 0.757 bits per heavy atom. The molecule has 31 rings (SSSR count). The standard InChI is InChI=1S/C132H84N10S2/c1-5-29-83(30-6-1)135-113-45-21-13-37-97(113)105-71-75-109-101-41-17-25-49-117(101)139(129(109)125(105)135)91-61-53-87(54-62-91)133(88-55-63-92(64-56-88)140-118-50-26-18-42-102(118)110-76-72-106-98-38-14-22-46-114(98)136(126(106)130(110)140)84-31-7-2-8-32-84)95-69-79-121-123(81-95)143-122-80-70-96(82-124(122)144-121)134(89-57-65-93(66-58-89)141-119-51-27-19-43-103(119)111-77-73-107-99-39-15-23-47-115(99)137(127(107)131(111)141)85-33-9-3-10-34-85)90-59-67-94(68-60-90)142-120-52-28-20-44-104(120)112-78-74-108-100-40-16-24-48-116(100)138(128(108)132(112)142)86-35-11-4-12-36-86/h1-82,105,125H. The number of nitrogens with zero attached hydrogens (tertiary/aromatic N) is 10. The van der Waals surface area contributed by atoms with Crippen LogP contribution in [0.15, 0.2) is 511 Å². The lowest BCUT2D eigenvalue weighted by molar-refractivity contribution is 0.636. The van der Waals surface area contributed by atoms with Crippen LogP contribution in [0, 0.1) is 0 Å². The summed E-state index contributed by atoms with van der Waals surface area (Å²) >= 11 is 3.70. The van der Waals surface area contributed by atoms with Crippen molar-refractivity contribution in [2.75, 3.05) is 14.7 Å². The molecule has 0 fully saturated rings. The zero-order chi connectivity index (χ0) is 94.0. The highest BCUT2D eigenvalue weighted by Gasteiger charge is 2.45. The van der Waals surface area contributed by atoms with Crippen LogP contribution in [0.2, 0.25) is 0 Å². The van der Waals surface area contributed by atoms with E-state index in [9.17, 15) is 0 Å². The van der Waals surface area contributed by atoms with Gasteiger partial charge in [0.25, 0.3) is 0 Å². The number of para-hydroxylation sites is 12. The number of hydrogen-bond acceptors (Lipinski definition) is 5. The quantitative estimate of drug-likeness (QED) is 0.109. The van der Waals surface area contributed by atoms with Crippen LogP contribution < -0.4 is 14.7 Å². The highest BCUT2D eigenvalue weighted by atomic mass is 32.2. The van der Waals surface area contributed by atoms with Crippen LogP contribution in [0.3, 0.4) is 0 Å². The maximum absolute atomic E-state index is 2.59. The second-order valence-corrected chi connectivity index (χ2v) is 40.3. The van der Waals surface area contributed by atoms with E-state index in [1.807, 2.05) is 23.5 Å². The molecule has 2 atom stereocenters. The molecule has 2 unspecified atom stereocenters. The summed E-state index contributed by atoms with van der Waals surface area (Å²) in [6, 6.07) is 181. The van der Waals surface area contributed by atoms with Crippen LogP contribution >= 0.6 is 23.5 Å². The highest BCUT2D eigenvalue weighted by Crippen LogP contribution is 2.60. The van der Waals surface area contributed by atoms with Crippen LogP contribution in [0.5, 0.6) is 0 Å². The summed E-state index contributed by atoms with van der Waals surface area (Å²) in [7, 11) is 0. The van der Waals surface area contributed by atoms with E-state index >= 15 is 0 Å². The van der Waals surface area contributed by atoms with E-state index in [0.717, 1.165) is 90.5 Å². The van der Waals surface area contributed by atoms with E-state index in [-0.39, 0.29) is 12.0 Å². The monoisotopic (exact) mass is 1870 g/mol. The molecule has 12 heteroatoms. The third kappa shape index (κ3) is 11.9. The number of hydrogen-bond donors (Lipinski definition) is 0. The smallest absolute Gasteiger partial charge is 0.0856 e. The summed E-state index contributed by atoms with van der Waals surface area (Å²) < 4.78 is 17.5. The van der Waals surface area contributed by atoms with Gasteiger partial charge in [-0.2, -0.15) is 0 Å². The molecular weight excluding hydrogens is 1790 g/mol. The second kappa shape index (κ2) is 31.7. The average Bonchev–Trinajstić information content (AvgIpc) is 1.55. The summed E-state index contributed by atoms with van der Waals surface area (Å²) in [5.41, 5.74) is 35.4. The normalized spacial score (nSPS) is 13.9. The molecule has 0 spiro atoms. The molecule has 9 heterocycles. The summed E-state index contributed by atoms with van der Waals surface area (Å²) in [5.74, 6) is 0.137. The van der Waals surface area contributed by atoms with Crippen LogP contribution in [0.4, 0.5) is 45.5 Å². The van der Waals surface area contributed by atoms with Gasteiger partial charge in [-0.25, -0.2) is 0 Å². The van der Waals surface area contributed by atoms with Crippen molar-refractivity contribution in [1.82, 2.24) is 32.0 Å². The molecule has 28 aromatic rings. The molecule has 144 heavy (non-hydrogen) atoms. The lowest BCUT2D eigenvalue weighted by Crippen LogP contribution is -2.26. The van der Waals surface area contributed by atoms with Crippen LogP contribution in [-0.2, 0) is 0 Å². The summed E-state index contributed by atoms with van der Waals surface area (Å²) in [4.78, 5) is 12.3.